The van der Waals surface area contributed by atoms with Crippen LogP contribution in [0.3, 0.4) is 0 Å². The average molecular weight is 278 g/mol. The number of hydrogen-bond acceptors (Lipinski definition) is 4. The predicted octanol–water partition coefficient (Wildman–Crippen LogP) is 2.88. The Labute approximate surface area is 113 Å². The van der Waals surface area contributed by atoms with Gasteiger partial charge in [0.05, 0.1) is 6.54 Å². The number of rotatable bonds is 3. The maximum absolute atomic E-state index is 13.4. The molecule has 5 heteroatoms. The summed E-state index contributed by atoms with van der Waals surface area (Å²) in [7, 11) is 0. The molecule has 0 amide bonds. The third-order valence-electron chi connectivity index (χ3n) is 2.06. The van der Waals surface area contributed by atoms with Crippen LogP contribution in [-0.2, 0) is 5.75 Å². The van der Waals surface area contributed by atoms with E-state index in [1.165, 1.54) is 12.1 Å². The fourth-order valence-corrected chi connectivity index (χ4v) is 2.95. The Morgan fingerprint density at radius 1 is 1.39 bits per heavy atom. The van der Waals surface area contributed by atoms with Gasteiger partial charge in [-0.1, -0.05) is 23.6 Å². The first-order valence-corrected chi connectivity index (χ1v) is 7.15. The molecule has 2 N–H and O–H groups in total. The van der Waals surface area contributed by atoms with Crippen molar-refractivity contribution in [2.75, 3.05) is 6.54 Å². The average Bonchev–Trinajstić information content (AvgIpc) is 2.86. The fraction of sp³-hybridized carbons (Fsp3) is 0.154. The van der Waals surface area contributed by atoms with Gasteiger partial charge in [-0.25, -0.2) is 9.37 Å². The molecule has 0 saturated heterocycles. The van der Waals surface area contributed by atoms with Crippen LogP contribution in [0.4, 0.5) is 4.39 Å². The van der Waals surface area contributed by atoms with Crippen LogP contribution >= 0.6 is 23.1 Å². The first-order valence-electron chi connectivity index (χ1n) is 5.28. The second kappa shape index (κ2) is 6.55. The van der Waals surface area contributed by atoms with Crippen LogP contribution in [0.1, 0.15) is 11.1 Å². The van der Waals surface area contributed by atoms with E-state index < -0.39 is 0 Å². The third kappa shape index (κ3) is 3.84. The summed E-state index contributed by atoms with van der Waals surface area (Å²) in [6.45, 7) is 0.277. The lowest BCUT2D eigenvalue weighted by Gasteiger charge is -2.01. The lowest BCUT2D eigenvalue weighted by atomic mass is 10.1. The van der Waals surface area contributed by atoms with E-state index in [0.29, 0.717) is 11.3 Å². The summed E-state index contributed by atoms with van der Waals surface area (Å²) in [6, 6.07) is 4.82. The monoisotopic (exact) mass is 278 g/mol. The molecule has 2 aromatic rings. The molecular weight excluding hydrogens is 267 g/mol. The third-order valence-corrected chi connectivity index (χ3v) is 4.10. The number of aromatic nitrogens is 1. The van der Waals surface area contributed by atoms with Crippen molar-refractivity contribution in [3.05, 3.63) is 46.7 Å². The largest absolute Gasteiger partial charge is 0.320 e. The number of hydrogen-bond donors (Lipinski definition) is 1. The predicted molar refractivity (Wildman–Crippen MR) is 74.0 cm³/mol. The maximum Gasteiger partial charge on any atom is 0.150 e. The SMILES string of the molecule is NCC#Cc1cc(F)cc(CSc2nccs2)c1. The standard InChI is InChI=1S/C13H11FN2S2/c14-12-7-10(2-1-3-15)6-11(8-12)9-18-13-16-4-5-17-13/h4-8H,3,9,15H2. The van der Waals surface area contributed by atoms with Gasteiger partial charge in [0.1, 0.15) is 10.2 Å². The van der Waals surface area contributed by atoms with Gasteiger partial charge >= 0.3 is 0 Å². The van der Waals surface area contributed by atoms with E-state index in [-0.39, 0.29) is 12.4 Å². The Kier molecular flexibility index (Phi) is 4.76. The van der Waals surface area contributed by atoms with Gasteiger partial charge in [-0.3, -0.25) is 0 Å². The topological polar surface area (TPSA) is 38.9 Å². The summed E-state index contributed by atoms with van der Waals surface area (Å²) in [6.07, 6.45) is 1.76. The minimum atomic E-state index is -0.270. The molecule has 0 saturated carbocycles. The zero-order valence-corrected chi connectivity index (χ0v) is 11.2. The zero-order valence-electron chi connectivity index (χ0n) is 9.52. The summed E-state index contributed by atoms with van der Waals surface area (Å²) >= 11 is 3.17. The summed E-state index contributed by atoms with van der Waals surface area (Å²) in [4.78, 5) is 4.17. The fourth-order valence-electron chi connectivity index (χ4n) is 1.39. The Bertz CT molecular complexity index is 570. The molecule has 1 heterocycles. The first-order chi connectivity index (χ1) is 8.78. The zero-order chi connectivity index (χ0) is 12.8. The molecule has 0 spiro atoms. The number of benzene rings is 1. The molecule has 1 aromatic heterocycles. The highest BCUT2D eigenvalue weighted by Crippen LogP contribution is 2.25. The molecule has 0 aliphatic carbocycles. The molecule has 0 unspecified atom stereocenters. The number of thioether (sulfide) groups is 1. The highest BCUT2D eigenvalue weighted by Gasteiger charge is 2.02. The lowest BCUT2D eigenvalue weighted by Crippen LogP contribution is -1.93. The van der Waals surface area contributed by atoms with Gasteiger partial charge in [-0.15, -0.1) is 11.3 Å². The van der Waals surface area contributed by atoms with Crippen molar-refractivity contribution in [2.24, 2.45) is 5.73 Å². The number of halogens is 1. The minimum absolute atomic E-state index is 0.270. The highest BCUT2D eigenvalue weighted by atomic mass is 32.2. The molecule has 18 heavy (non-hydrogen) atoms. The van der Waals surface area contributed by atoms with E-state index in [2.05, 4.69) is 16.8 Å². The van der Waals surface area contributed by atoms with Gasteiger partial charge in [-0.2, -0.15) is 0 Å². The molecule has 2 nitrogen and oxygen atoms in total. The van der Waals surface area contributed by atoms with Crippen LogP contribution in [-0.4, -0.2) is 11.5 Å². The van der Waals surface area contributed by atoms with E-state index in [1.807, 2.05) is 11.4 Å². The Morgan fingerprint density at radius 2 is 2.28 bits per heavy atom. The summed E-state index contributed by atoms with van der Waals surface area (Å²) < 4.78 is 14.4. The van der Waals surface area contributed by atoms with E-state index >= 15 is 0 Å². The maximum atomic E-state index is 13.4. The van der Waals surface area contributed by atoms with E-state index in [1.54, 1.807) is 29.3 Å². The van der Waals surface area contributed by atoms with E-state index in [4.69, 9.17) is 5.73 Å². The van der Waals surface area contributed by atoms with Gasteiger partial charge in [0.15, 0.2) is 0 Å². The molecule has 92 valence electrons. The van der Waals surface area contributed by atoms with Crippen molar-refractivity contribution < 1.29 is 4.39 Å². The molecule has 0 aliphatic rings. The molecule has 0 bridgehead atoms. The Hall–Kier alpha value is -1.35. The van der Waals surface area contributed by atoms with Crippen LogP contribution in [0.5, 0.6) is 0 Å². The first kappa shape index (κ1) is 13.1. The van der Waals surface area contributed by atoms with Gasteiger partial charge in [0, 0.05) is 22.9 Å². The lowest BCUT2D eigenvalue weighted by molar-refractivity contribution is 0.626. The van der Waals surface area contributed by atoms with E-state index in [9.17, 15) is 4.39 Å². The van der Waals surface area contributed by atoms with Crippen molar-refractivity contribution in [3.8, 4) is 11.8 Å². The molecule has 0 fully saturated rings. The van der Waals surface area contributed by atoms with E-state index in [0.717, 1.165) is 9.90 Å². The Balaban J connectivity index is 2.10. The number of nitrogens with zero attached hydrogens (tertiary/aromatic N) is 1. The van der Waals surface area contributed by atoms with Gasteiger partial charge < -0.3 is 5.73 Å². The molecule has 0 radical (unpaired) electrons. The number of nitrogens with two attached hydrogens (primary N) is 1. The van der Waals surface area contributed by atoms with Crippen molar-refractivity contribution >= 4 is 23.1 Å². The van der Waals surface area contributed by atoms with Gasteiger partial charge in [-0.05, 0) is 23.8 Å². The second-order valence-electron chi connectivity index (χ2n) is 3.44. The Morgan fingerprint density at radius 3 is 3.00 bits per heavy atom. The molecule has 1 aromatic carbocycles. The van der Waals surface area contributed by atoms with Crippen LogP contribution in [0.25, 0.3) is 0 Å². The van der Waals surface area contributed by atoms with Crippen LogP contribution in [0, 0.1) is 17.7 Å². The normalized spacial score (nSPS) is 9.89. The molecular formula is C13H11FN2S2. The molecule has 2 rings (SSSR count). The molecule has 0 atom stereocenters. The quantitative estimate of drug-likeness (QED) is 0.693. The van der Waals surface area contributed by atoms with Crippen molar-refractivity contribution in [1.29, 1.82) is 0 Å². The van der Waals surface area contributed by atoms with Gasteiger partial charge in [0.2, 0.25) is 0 Å². The highest BCUT2D eigenvalue weighted by molar-refractivity contribution is 8.00. The summed E-state index contributed by atoms with van der Waals surface area (Å²) in [5, 5.41) is 1.92. The minimum Gasteiger partial charge on any atom is -0.320 e. The summed E-state index contributed by atoms with van der Waals surface area (Å²) in [5.41, 5.74) is 6.86. The van der Waals surface area contributed by atoms with Crippen LogP contribution in [0.15, 0.2) is 34.1 Å². The van der Waals surface area contributed by atoms with Crippen molar-refractivity contribution in [3.63, 3.8) is 0 Å². The summed E-state index contributed by atoms with van der Waals surface area (Å²) in [5.74, 6) is 5.98. The van der Waals surface area contributed by atoms with Crippen molar-refractivity contribution in [1.82, 2.24) is 4.98 Å². The van der Waals surface area contributed by atoms with Crippen LogP contribution in [0.2, 0.25) is 0 Å². The smallest absolute Gasteiger partial charge is 0.150 e. The van der Waals surface area contributed by atoms with Gasteiger partial charge in [0.25, 0.3) is 0 Å². The second-order valence-corrected chi connectivity index (χ2v) is 5.56. The number of thiazole rings is 1. The van der Waals surface area contributed by atoms with Crippen molar-refractivity contribution in [2.45, 2.75) is 10.1 Å². The van der Waals surface area contributed by atoms with Crippen LogP contribution < -0.4 is 5.73 Å². The molecule has 0 aliphatic heterocycles.